The number of anilines is 1. The van der Waals surface area contributed by atoms with Gasteiger partial charge in [-0.25, -0.2) is 8.42 Å². The fraction of sp³-hybridized carbons (Fsp3) is 0.381. The van der Waals surface area contributed by atoms with Crippen LogP contribution < -0.4 is 10.0 Å². The van der Waals surface area contributed by atoms with Crippen molar-refractivity contribution < 1.29 is 13.2 Å². The van der Waals surface area contributed by atoms with Crippen LogP contribution in [-0.2, 0) is 10.0 Å². The molecule has 2 N–H and O–H groups in total. The number of carbonyl (C=O) groups excluding carboxylic acids is 1. The number of para-hydroxylation sites is 1. The summed E-state index contributed by atoms with van der Waals surface area (Å²) in [6.07, 6.45) is 4.48. The summed E-state index contributed by atoms with van der Waals surface area (Å²) in [5, 5.41) is 3.09. The van der Waals surface area contributed by atoms with Gasteiger partial charge in [0.25, 0.3) is 15.9 Å². The van der Waals surface area contributed by atoms with Crippen molar-refractivity contribution in [2.45, 2.75) is 50.5 Å². The van der Waals surface area contributed by atoms with Crippen LogP contribution in [0.15, 0.2) is 53.4 Å². The van der Waals surface area contributed by atoms with Crippen LogP contribution in [0.4, 0.5) is 5.69 Å². The minimum Gasteiger partial charge on any atom is -0.349 e. The summed E-state index contributed by atoms with van der Waals surface area (Å²) in [6, 6.07) is 13.5. The van der Waals surface area contributed by atoms with Crippen molar-refractivity contribution >= 4 is 21.6 Å². The molecule has 2 aromatic carbocycles. The van der Waals surface area contributed by atoms with Crippen molar-refractivity contribution in [1.82, 2.24) is 5.32 Å². The van der Waals surface area contributed by atoms with Crippen LogP contribution in [0.5, 0.6) is 0 Å². The molecule has 0 aliphatic heterocycles. The highest BCUT2D eigenvalue weighted by atomic mass is 32.2. The Morgan fingerprint density at radius 2 is 1.67 bits per heavy atom. The second-order valence-electron chi connectivity index (χ2n) is 7.29. The van der Waals surface area contributed by atoms with Crippen molar-refractivity contribution in [3.8, 4) is 0 Å². The normalized spacial score (nSPS) is 20.1. The average molecular weight is 387 g/mol. The summed E-state index contributed by atoms with van der Waals surface area (Å²) < 4.78 is 27.8. The minimum absolute atomic E-state index is 0.133. The van der Waals surface area contributed by atoms with Crippen LogP contribution in [0.1, 0.15) is 48.5 Å². The van der Waals surface area contributed by atoms with Crippen LogP contribution in [0.3, 0.4) is 0 Å². The van der Waals surface area contributed by atoms with Crippen molar-refractivity contribution in [2.75, 3.05) is 4.72 Å². The van der Waals surface area contributed by atoms with Gasteiger partial charge in [0.1, 0.15) is 0 Å². The molecule has 3 rings (SSSR count). The molecule has 1 aliphatic carbocycles. The number of benzene rings is 2. The van der Waals surface area contributed by atoms with Crippen LogP contribution >= 0.6 is 0 Å². The highest BCUT2D eigenvalue weighted by Crippen LogP contribution is 2.24. The summed E-state index contributed by atoms with van der Waals surface area (Å²) in [7, 11) is -3.70. The molecule has 2 unspecified atom stereocenters. The van der Waals surface area contributed by atoms with Gasteiger partial charge in [-0.05, 0) is 61.6 Å². The molecule has 5 nitrogen and oxygen atoms in total. The topological polar surface area (TPSA) is 75.3 Å². The molecule has 144 valence electrons. The number of hydrogen-bond acceptors (Lipinski definition) is 3. The third-order valence-electron chi connectivity index (χ3n) is 5.24. The number of sulfonamides is 1. The van der Waals surface area contributed by atoms with E-state index in [9.17, 15) is 13.2 Å². The predicted molar refractivity (Wildman–Crippen MR) is 107 cm³/mol. The molecule has 0 aromatic heterocycles. The molecule has 0 heterocycles. The molecule has 2 aromatic rings. The Hall–Kier alpha value is -2.34. The molecule has 27 heavy (non-hydrogen) atoms. The Kier molecular flexibility index (Phi) is 5.85. The van der Waals surface area contributed by atoms with E-state index in [4.69, 9.17) is 0 Å². The number of amides is 1. The molecule has 1 fully saturated rings. The van der Waals surface area contributed by atoms with Gasteiger partial charge in [0.05, 0.1) is 10.6 Å². The number of nitrogens with one attached hydrogen (secondary N) is 2. The minimum atomic E-state index is -3.70. The highest BCUT2D eigenvalue weighted by molar-refractivity contribution is 7.92. The summed E-state index contributed by atoms with van der Waals surface area (Å²) in [4.78, 5) is 12.6. The van der Waals surface area contributed by atoms with E-state index in [0.717, 1.165) is 24.8 Å². The predicted octanol–water partition coefficient (Wildman–Crippen LogP) is 4.10. The van der Waals surface area contributed by atoms with E-state index >= 15 is 0 Å². The zero-order valence-corrected chi connectivity index (χ0v) is 16.6. The van der Waals surface area contributed by atoms with Crippen LogP contribution in [0, 0.1) is 12.8 Å². The fourth-order valence-electron chi connectivity index (χ4n) is 3.46. The van der Waals surface area contributed by atoms with E-state index in [1.54, 1.807) is 24.3 Å². The van der Waals surface area contributed by atoms with Gasteiger partial charge in [-0.1, -0.05) is 38.0 Å². The van der Waals surface area contributed by atoms with Crippen LogP contribution in [0.2, 0.25) is 0 Å². The first-order valence-electron chi connectivity index (χ1n) is 9.36. The second kappa shape index (κ2) is 8.13. The maximum atomic E-state index is 12.6. The van der Waals surface area contributed by atoms with E-state index < -0.39 is 10.0 Å². The Bertz CT molecular complexity index is 907. The van der Waals surface area contributed by atoms with Crippen molar-refractivity contribution in [2.24, 2.45) is 5.92 Å². The molecule has 0 saturated heterocycles. The second-order valence-corrected chi connectivity index (χ2v) is 8.97. The first-order chi connectivity index (χ1) is 12.9. The Balaban J connectivity index is 1.70. The summed E-state index contributed by atoms with van der Waals surface area (Å²) >= 11 is 0. The standard InChI is InChI=1S/C21H26N2O3S/c1-15-7-3-5-9-19(15)22-21(24)17-11-13-18(14-12-17)27(25,26)23-20-10-6-4-8-16(20)2/h4,6,8,10-15,19,23H,3,5,7,9H2,1-2H3,(H,22,24). The monoisotopic (exact) mass is 386 g/mol. The van der Waals surface area contributed by atoms with Gasteiger partial charge >= 0.3 is 0 Å². The van der Waals surface area contributed by atoms with E-state index in [0.29, 0.717) is 17.2 Å². The Morgan fingerprint density at radius 1 is 1.00 bits per heavy atom. The van der Waals surface area contributed by atoms with Gasteiger partial charge in [0, 0.05) is 11.6 Å². The SMILES string of the molecule is Cc1ccccc1NS(=O)(=O)c1ccc(C(=O)NC2CCCCC2C)cc1. The summed E-state index contributed by atoms with van der Waals surface area (Å²) in [5.74, 6) is 0.324. The van der Waals surface area contributed by atoms with E-state index in [2.05, 4.69) is 17.0 Å². The molecule has 1 amide bonds. The molecular weight excluding hydrogens is 360 g/mol. The van der Waals surface area contributed by atoms with E-state index in [1.807, 2.05) is 19.1 Å². The number of hydrogen-bond donors (Lipinski definition) is 2. The fourth-order valence-corrected chi connectivity index (χ4v) is 4.59. The lowest BCUT2D eigenvalue weighted by atomic mass is 9.86. The summed E-state index contributed by atoms with van der Waals surface area (Å²) in [6.45, 7) is 4.01. The van der Waals surface area contributed by atoms with Crippen molar-refractivity contribution in [3.63, 3.8) is 0 Å². The third-order valence-corrected chi connectivity index (χ3v) is 6.63. The Morgan fingerprint density at radius 3 is 2.33 bits per heavy atom. The van der Waals surface area contributed by atoms with Gasteiger partial charge in [-0.2, -0.15) is 0 Å². The zero-order valence-electron chi connectivity index (χ0n) is 15.7. The molecule has 2 atom stereocenters. The van der Waals surface area contributed by atoms with Crippen molar-refractivity contribution in [1.29, 1.82) is 0 Å². The van der Waals surface area contributed by atoms with Gasteiger partial charge in [-0.15, -0.1) is 0 Å². The number of carbonyl (C=O) groups is 1. The molecule has 0 radical (unpaired) electrons. The number of aryl methyl sites for hydroxylation is 1. The first kappa shape index (κ1) is 19.4. The van der Waals surface area contributed by atoms with Gasteiger partial charge in [0.2, 0.25) is 0 Å². The van der Waals surface area contributed by atoms with Crippen LogP contribution in [-0.4, -0.2) is 20.4 Å². The average Bonchev–Trinajstić information content (AvgIpc) is 2.65. The number of rotatable bonds is 5. The third kappa shape index (κ3) is 4.69. The molecule has 6 heteroatoms. The molecular formula is C21H26N2O3S. The van der Waals surface area contributed by atoms with E-state index in [-0.39, 0.29) is 16.8 Å². The largest absolute Gasteiger partial charge is 0.349 e. The lowest BCUT2D eigenvalue weighted by molar-refractivity contribution is 0.0910. The summed E-state index contributed by atoms with van der Waals surface area (Å²) in [5.41, 5.74) is 1.87. The molecule has 0 spiro atoms. The van der Waals surface area contributed by atoms with Gasteiger partial charge in [0.15, 0.2) is 0 Å². The lowest BCUT2D eigenvalue weighted by Crippen LogP contribution is -2.41. The maximum absolute atomic E-state index is 12.6. The highest BCUT2D eigenvalue weighted by Gasteiger charge is 2.23. The molecule has 0 bridgehead atoms. The lowest BCUT2D eigenvalue weighted by Gasteiger charge is -2.29. The van der Waals surface area contributed by atoms with E-state index in [1.165, 1.54) is 18.6 Å². The zero-order chi connectivity index (χ0) is 19.4. The Labute approximate surface area is 161 Å². The smallest absolute Gasteiger partial charge is 0.261 e. The maximum Gasteiger partial charge on any atom is 0.261 e. The van der Waals surface area contributed by atoms with Crippen LogP contribution in [0.25, 0.3) is 0 Å². The van der Waals surface area contributed by atoms with Crippen molar-refractivity contribution in [3.05, 3.63) is 59.7 Å². The van der Waals surface area contributed by atoms with Gasteiger partial charge in [-0.3, -0.25) is 9.52 Å². The molecule has 1 aliphatic rings. The first-order valence-corrected chi connectivity index (χ1v) is 10.8. The molecule has 1 saturated carbocycles. The quantitative estimate of drug-likeness (QED) is 0.812. The van der Waals surface area contributed by atoms with Gasteiger partial charge < -0.3 is 5.32 Å².